The maximum Gasteiger partial charge on any atom is 0.325 e. The van der Waals surface area contributed by atoms with Crippen LogP contribution >= 0.6 is 0 Å². The van der Waals surface area contributed by atoms with E-state index in [-0.39, 0.29) is 24.9 Å². The molecule has 5 amide bonds. The largest absolute Gasteiger partial charge is 0.325 e. The highest BCUT2D eigenvalue weighted by molar-refractivity contribution is 6.14. The van der Waals surface area contributed by atoms with E-state index in [1.165, 1.54) is 4.90 Å². The van der Waals surface area contributed by atoms with Crippen LogP contribution in [-0.4, -0.2) is 47.3 Å². The fourth-order valence-corrected chi connectivity index (χ4v) is 4.17. The van der Waals surface area contributed by atoms with Crippen LogP contribution < -0.4 is 15.5 Å². The quantitative estimate of drug-likeness (QED) is 0.773. The van der Waals surface area contributed by atoms with Crippen molar-refractivity contribution >= 4 is 35.1 Å². The SMILES string of the molecule is O=C1CN(C(=O)CN2C(=O)NC3(CCCCCC3)C2=O)c2ccccc2N1. The molecule has 4 rings (SSSR count). The van der Waals surface area contributed by atoms with Gasteiger partial charge in [0.25, 0.3) is 5.91 Å². The van der Waals surface area contributed by atoms with E-state index in [0.29, 0.717) is 24.2 Å². The first-order chi connectivity index (χ1) is 13.0. The molecule has 2 N–H and O–H groups in total. The van der Waals surface area contributed by atoms with Crippen LogP contribution in [0.1, 0.15) is 38.5 Å². The molecule has 0 radical (unpaired) electrons. The van der Waals surface area contributed by atoms with Crippen molar-refractivity contribution in [2.45, 2.75) is 44.1 Å². The Labute approximate surface area is 156 Å². The molecule has 1 saturated carbocycles. The minimum absolute atomic E-state index is 0.134. The van der Waals surface area contributed by atoms with Gasteiger partial charge in [-0.2, -0.15) is 0 Å². The van der Waals surface area contributed by atoms with Crippen LogP contribution in [-0.2, 0) is 14.4 Å². The number of amides is 5. The van der Waals surface area contributed by atoms with Gasteiger partial charge in [0.2, 0.25) is 11.8 Å². The maximum atomic E-state index is 13.0. The van der Waals surface area contributed by atoms with E-state index in [0.717, 1.165) is 30.6 Å². The summed E-state index contributed by atoms with van der Waals surface area (Å²) >= 11 is 0. The smallest absolute Gasteiger partial charge is 0.323 e. The van der Waals surface area contributed by atoms with Crippen molar-refractivity contribution < 1.29 is 19.2 Å². The average molecular weight is 370 g/mol. The van der Waals surface area contributed by atoms with Gasteiger partial charge >= 0.3 is 6.03 Å². The zero-order valence-electron chi connectivity index (χ0n) is 15.0. The zero-order valence-corrected chi connectivity index (χ0v) is 15.0. The Hall–Kier alpha value is -2.90. The van der Waals surface area contributed by atoms with Gasteiger partial charge in [-0.25, -0.2) is 4.79 Å². The molecule has 1 aromatic rings. The van der Waals surface area contributed by atoms with Crippen LogP contribution in [0.2, 0.25) is 0 Å². The second kappa shape index (κ2) is 6.68. The Morgan fingerprint density at radius 2 is 1.74 bits per heavy atom. The number of hydrogen-bond acceptors (Lipinski definition) is 4. The van der Waals surface area contributed by atoms with E-state index in [2.05, 4.69) is 10.6 Å². The van der Waals surface area contributed by atoms with Gasteiger partial charge in [0.15, 0.2) is 0 Å². The van der Waals surface area contributed by atoms with Crippen LogP contribution in [0.4, 0.5) is 16.2 Å². The van der Waals surface area contributed by atoms with Gasteiger partial charge in [-0.1, -0.05) is 37.8 Å². The summed E-state index contributed by atoms with van der Waals surface area (Å²) in [5.74, 6) is -1.08. The summed E-state index contributed by atoms with van der Waals surface area (Å²) in [5, 5.41) is 5.55. The molecule has 2 aliphatic heterocycles. The van der Waals surface area contributed by atoms with Gasteiger partial charge in [0.1, 0.15) is 18.6 Å². The second-order valence-corrected chi connectivity index (χ2v) is 7.36. The van der Waals surface area contributed by atoms with Crippen LogP contribution in [0.5, 0.6) is 0 Å². The van der Waals surface area contributed by atoms with Crippen LogP contribution in [0.15, 0.2) is 24.3 Å². The highest BCUT2D eigenvalue weighted by Gasteiger charge is 2.51. The van der Waals surface area contributed by atoms with Gasteiger partial charge in [0.05, 0.1) is 11.4 Å². The van der Waals surface area contributed by atoms with Crippen molar-refractivity contribution in [3.63, 3.8) is 0 Å². The minimum Gasteiger partial charge on any atom is -0.323 e. The molecule has 2 fully saturated rings. The summed E-state index contributed by atoms with van der Waals surface area (Å²) in [4.78, 5) is 52.5. The number of benzene rings is 1. The molecule has 3 aliphatic rings. The number of hydrogen-bond donors (Lipinski definition) is 2. The van der Waals surface area contributed by atoms with Crippen molar-refractivity contribution in [1.82, 2.24) is 10.2 Å². The molecular weight excluding hydrogens is 348 g/mol. The van der Waals surface area contributed by atoms with Crippen molar-refractivity contribution in [2.24, 2.45) is 0 Å². The standard InChI is InChI=1S/C19H22N4O4/c24-15-11-22(14-8-4-3-7-13(14)20-15)16(25)12-23-17(26)19(21-18(23)27)9-5-1-2-6-10-19/h3-4,7-8H,1-2,5-6,9-12H2,(H,20,24)(H,21,27). The number of carbonyl (C=O) groups excluding carboxylic acids is 4. The summed E-state index contributed by atoms with van der Waals surface area (Å²) in [6.45, 7) is -0.501. The Morgan fingerprint density at radius 1 is 1.04 bits per heavy atom. The summed E-state index contributed by atoms with van der Waals surface area (Å²) in [5.41, 5.74) is 0.239. The number of imide groups is 1. The van der Waals surface area contributed by atoms with Crippen molar-refractivity contribution in [3.8, 4) is 0 Å². The van der Waals surface area contributed by atoms with Gasteiger partial charge in [-0.3, -0.25) is 24.2 Å². The molecule has 0 aromatic heterocycles. The highest BCUT2D eigenvalue weighted by Crippen LogP contribution is 2.33. The monoisotopic (exact) mass is 370 g/mol. The van der Waals surface area contributed by atoms with Gasteiger partial charge in [-0.05, 0) is 25.0 Å². The molecule has 8 heteroatoms. The average Bonchev–Trinajstić information content (AvgIpc) is 2.82. The molecule has 1 spiro atoms. The molecule has 1 saturated heterocycles. The number of carbonyl (C=O) groups is 4. The van der Waals surface area contributed by atoms with Crippen molar-refractivity contribution in [1.29, 1.82) is 0 Å². The lowest BCUT2D eigenvalue weighted by Gasteiger charge is -2.30. The third-order valence-corrected chi connectivity index (χ3v) is 5.57. The number of urea groups is 1. The number of anilines is 2. The summed E-state index contributed by atoms with van der Waals surface area (Å²) < 4.78 is 0. The fourth-order valence-electron chi connectivity index (χ4n) is 4.17. The third kappa shape index (κ3) is 3.05. The molecule has 142 valence electrons. The maximum absolute atomic E-state index is 13.0. The van der Waals surface area contributed by atoms with Crippen molar-refractivity contribution in [2.75, 3.05) is 23.3 Å². The van der Waals surface area contributed by atoms with Crippen LogP contribution in [0.25, 0.3) is 0 Å². The van der Waals surface area contributed by atoms with E-state index in [4.69, 9.17) is 0 Å². The fraction of sp³-hybridized carbons (Fsp3) is 0.474. The predicted octanol–water partition coefficient (Wildman–Crippen LogP) is 1.62. The normalized spacial score (nSPS) is 21.6. The predicted molar refractivity (Wildman–Crippen MR) is 98.1 cm³/mol. The third-order valence-electron chi connectivity index (χ3n) is 5.57. The van der Waals surface area contributed by atoms with E-state index in [9.17, 15) is 19.2 Å². The molecule has 0 unspecified atom stereocenters. The first-order valence-corrected chi connectivity index (χ1v) is 9.33. The summed E-state index contributed by atoms with van der Waals surface area (Å²) in [6, 6.07) is 6.45. The Morgan fingerprint density at radius 3 is 2.48 bits per heavy atom. The lowest BCUT2D eigenvalue weighted by molar-refractivity contribution is -0.134. The Balaban J connectivity index is 1.54. The summed E-state index contributed by atoms with van der Waals surface area (Å²) in [6.07, 6.45) is 5.07. The van der Waals surface area contributed by atoms with E-state index >= 15 is 0 Å². The molecule has 0 bridgehead atoms. The first-order valence-electron chi connectivity index (χ1n) is 9.33. The first kappa shape index (κ1) is 17.5. The lowest BCUT2D eigenvalue weighted by atomic mass is 9.90. The highest BCUT2D eigenvalue weighted by atomic mass is 16.2. The van der Waals surface area contributed by atoms with E-state index in [1.54, 1.807) is 24.3 Å². The topological polar surface area (TPSA) is 98.8 Å². The molecular formula is C19H22N4O4. The number of nitrogens with zero attached hydrogens (tertiary/aromatic N) is 2. The number of rotatable bonds is 2. The van der Waals surface area contributed by atoms with Crippen LogP contribution in [0, 0.1) is 0 Å². The number of fused-ring (bicyclic) bond motifs is 1. The molecule has 1 aliphatic carbocycles. The minimum atomic E-state index is -0.870. The molecule has 2 heterocycles. The molecule has 0 atom stereocenters. The summed E-state index contributed by atoms with van der Waals surface area (Å²) in [7, 11) is 0. The Bertz CT molecular complexity index is 814. The van der Waals surface area contributed by atoms with Gasteiger partial charge in [-0.15, -0.1) is 0 Å². The lowest BCUT2D eigenvalue weighted by Crippen LogP contribution is -2.49. The molecule has 8 nitrogen and oxygen atoms in total. The zero-order chi connectivity index (χ0) is 19.0. The van der Waals surface area contributed by atoms with E-state index in [1.807, 2.05) is 0 Å². The van der Waals surface area contributed by atoms with Crippen molar-refractivity contribution in [3.05, 3.63) is 24.3 Å². The van der Waals surface area contributed by atoms with Gasteiger partial charge < -0.3 is 10.6 Å². The second-order valence-electron chi connectivity index (χ2n) is 7.36. The van der Waals surface area contributed by atoms with Crippen LogP contribution in [0.3, 0.4) is 0 Å². The van der Waals surface area contributed by atoms with E-state index < -0.39 is 17.5 Å². The Kier molecular flexibility index (Phi) is 4.33. The molecule has 1 aromatic carbocycles. The number of para-hydroxylation sites is 2. The number of nitrogens with one attached hydrogen (secondary N) is 2. The molecule has 27 heavy (non-hydrogen) atoms. The van der Waals surface area contributed by atoms with Gasteiger partial charge in [0, 0.05) is 0 Å².